The van der Waals surface area contributed by atoms with Crippen LogP contribution in [0.25, 0.3) is 0 Å². The van der Waals surface area contributed by atoms with Crippen molar-refractivity contribution in [3.05, 3.63) is 24.3 Å². The third kappa shape index (κ3) is 2.84. The molecule has 2 N–H and O–H groups in total. The molecule has 1 unspecified atom stereocenters. The summed E-state index contributed by atoms with van der Waals surface area (Å²) in [5.41, 5.74) is 0.532. The molecule has 1 saturated heterocycles. The third-order valence-corrected chi connectivity index (χ3v) is 3.54. The normalized spacial score (nSPS) is 18.6. The Morgan fingerprint density at radius 3 is 2.75 bits per heavy atom. The van der Waals surface area contributed by atoms with E-state index in [1.807, 2.05) is 0 Å². The molecule has 1 fully saturated rings. The van der Waals surface area contributed by atoms with Crippen LogP contribution in [0.1, 0.15) is 19.3 Å². The first-order chi connectivity index (χ1) is 9.50. The molecule has 0 bridgehead atoms. The van der Waals surface area contributed by atoms with E-state index in [1.165, 1.54) is 21.9 Å². The van der Waals surface area contributed by atoms with Gasteiger partial charge in [-0.25, -0.2) is 9.59 Å². The summed E-state index contributed by atoms with van der Waals surface area (Å²) in [6.07, 6.45) is 2.11. The van der Waals surface area contributed by atoms with Gasteiger partial charge in [-0.05, 0) is 31.4 Å². The van der Waals surface area contributed by atoms with Crippen LogP contribution in [0.15, 0.2) is 24.3 Å². The zero-order valence-electron chi connectivity index (χ0n) is 11.3. The van der Waals surface area contributed by atoms with Crippen LogP contribution < -0.4 is 4.90 Å². The number of carboxylic acids is 1. The molecule has 0 saturated carbocycles. The highest BCUT2D eigenvalue weighted by Crippen LogP contribution is 2.23. The monoisotopic (exact) mass is 278 g/mol. The van der Waals surface area contributed by atoms with Crippen molar-refractivity contribution >= 4 is 17.7 Å². The van der Waals surface area contributed by atoms with E-state index in [0.717, 1.165) is 12.8 Å². The number of carbonyl (C=O) groups is 2. The highest BCUT2D eigenvalue weighted by molar-refractivity contribution is 5.94. The minimum absolute atomic E-state index is 0.0654. The van der Waals surface area contributed by atoms with E-state index in [2.05, 4.69) is 0 Å². The molecule has 6 nitrogen and oxygen atoms in total. The van der Waals surface area contributed by atoms with Gasteiger partial charge in [0, 0.05) is 25.3 Å². The summed E-state index contributed by atoms with van der Waals surface area (Å²) in [7, 11) is 1.57. The molecule has 1 aromatic carbocycles. The fraction of sp³-hybridized carbons (Fsp3) is 0.429. The lowest BCUT2D eigenvalue weighted by Crippen LogP contribution is -2.52. The molecule has 1 atom stereocenters. The molecule has 6 heteroatoms. The number of nitrogens with zero attached hydrogens (tertiary/aromatic N) is 2. The van der Waals surface area contributed by atoms with Crippen LogP contribution in [0.2, 0.25) is 0 Å². The summed E-state index contributed by atoms with van der Waals surface area (Å²) >= 11 is 0. The maximum absolute atomic E-state index is 12.4. The standard InChI is InChI=1S/C14H18N2O4/c1-15(10-5-4-6-11(17)9-10)14(20)16-8-3-2-7-12(16)13(18)19/h4-6,9,12,17H,2-3,7-8H2,1H3,(H,18,19). The Morgan fingerprint density at radius 2 is 2.10 bits per heavy atom. The average molecular weight is 278 g/mol. The largest absolute Gasteiger partial charge is 0.508 e. The topological polar surface area (TPSA) is 81.1 Å². The zero-order valence-corrected chi connectivity index (χ0v) is 11.3. The second-order valence-electron chi connectivity index (χ2n) is 4.90. The molecule has 108 valence electrons. The van der Waals surface area contributed by atoms with Gasteiger partial charge >= 0.3 is 12.0 Å². The Morgan fingerprint density at radius 1 is 1.35 bits per heavy atom. The van der Waals surface area contributed by atoms with E-state index in [0.29, 0.717) is 18.7 Å². The molecule has 0 radical (unpaired) electrons. The van der Waals surface area contributed by atoms with Gasteiger partial charge in [0.05, 0.1) is 0 Å². The van der Waals surface area contributed by atoms with E-state index in [4.69, 9.17) is 0 Å². The van der Waals surface area contributed by atoms with E-state index in [1.54, 1.807) is 19.2 Å². The van der Waals surface area contributed by atoms with Crippen LogP contribution in [0.3, 0.4) is 0 Å². The first-order valence-corrected chi connectivity index (χ1v) is 6.57. The maximum atomic E-state index is 12.4. The van der Waals surface area contributed by atoms with Gasteiger partial charge in [0.1, 0.15) is 11.8 Å². The SMILES string of the molecule is CN(C(=O)N1CCCCC1C(=O)O)c1cccc(O)c1. The van der Waals surface area contributed by atoms with E-state index in [-0.39, 0.29) is 11.8 Å². The van der Waals surface area contributed by atoms with Crippen LogP contribution >= 0.6 is 0 Å². The van der Waals surface area contributed by atoms with Crippen molar-refractivity contribution in [2.75, 3.05) is 18.5 Å². The Bertz CT molecular complexity index is 518. The molecule has 2 rings (SSSR count). The molecule has 0 aliphatic carbocycles. The molecular weight excluding hydrogens is 260 g/mol. The molecule has 2 amide bonds. The number of carboxylic acid groups (broad SMARTS) is 1. The van der Waals surface area contributed by atoms with Gasteiger partial charge in [-0.1, -0.05) is 6.07 Å². The van der Waals surface area contributed by atoms with Crippen LogP contribution in [0.4, 0.5) is 10.5 Å². The summed E-state index contributed by atoms with van der Waals surface area (Å²) in [5, 5.41) is 18.7. The lowest BCUT2D eigenvalue weighted by molar-refractivity contribution is -0.143. The van der Waals surface area contributed by atoms with E-state index in [9.17, 15) is 19.8 Å². The van der Waals surface area contributed by atoms with Crippen LogP contribution in [0, 0.1) is 0 Å². The highest BCUT2D eigenvalue weighted by atomic mass is 16.4. The zero-order chi connectivity index (χ0) is 14.7. The summed E-state index contributed by atoms with van der Waals surface area (Å²) < 4.78 is 0. The first-order valence-electron chi connectivity index (χ1n) is 6.57. The second kappa shape index (κ2) is 5.81. The number of benzene rings is 1. The van der Waals surface area contributed by atoms with Gasteiger partial charge in [0.15, 0.2) is 0 Å². The van der Waals surface area contributed by atoms with Gasteiger partial charge in [-0.3, -0.25) is 4.90 Å². The first kappa shape index (κ1) is 14.2. The molecule has 0 aromatic heterocycles. The fourth-order valence-electron chi connectivity index (χ4n) is 2.42. The van der Waals surface area contributed by atoms with Gasteiger partial charge in [0.25, 0.3) is 0 Å². The summed E-state index contributed by atoms with van der Waals surface area (Å²) in [5.74, 6) is -0.905. The summed E-state index contributed by atoms with van der Waals surface area (Å²) in [4.78, 5) is 26.4. The molecule has 20 heavy (non-hydrogen) atoms. The number of hydrogen-bond donors (Lipinski definition) is 2. The Labute approximate surface area is 117 Å². The number of piperidine rings is 1. The van der Waals surface area contributed by atoms with Crippen LogP contribution in [-0.4, -0.2) is 46.7 Å². The lowest BCUT2D eigenvalue weighted by Gasteiger charge is -2.35. The number of rotatable bonds is 2. The van der Waals surface area contributed by atoms with Crippen molar-refractivity contribution in [3.8, 4) is 5.75 Å². The van der Waals surface area contributed by atoms with Crippen molar-refractivity contribution < 1.29 is 19.8 Å². The van der Waals surface area contributed by atoms with Gasteiger partial charge < -0.3 is 15.1 Å². The number of anilines is 1. The molecule has 1 aliphatic rings. The predicted molar refractivity (Wildman–Crippen MR) is 73.9 cm³/mol. The highest BCUT2D eigenvalue weighted by Gasteiger charge is 2.33. The average Bonchev–Trinajstić information content (AvgIpc) is 2.45. The Hall–Kier alpha value is -2.24. The minimum atomic E-state index is -0.970. The number of aliphatic carboxylic acids is 1. The van der Waals surface area contributed by atoms with Crippen molar-refractivity contribution in [3.63, 3.8) is 0 Å². The quantitative estimate of drug-likeness (QED) is 0.865. The smallest absolute Gasteiger partial charge is 0.326 e. The molecule has 1 heterocycles. The fourth-order valence-corrected chi connectivity index (χ4v) is 2.42. The van der Waals surface area contributed by atoms with Gasteiger partial charge in [0.2, 0.25) is 0 Å². The van der Waals surface area contributed by atoms with Crippen molar-refractivity contribution in [1.29, 1.82) is 0 Å². The number of likely N-dealkylation sites (tertiary alicyclic amines) is 1. The minimum Gasteiger partial charge on any atom is -0.508 e. The number of phenolic OH excluding ortho intramolecular Hbond substituents is 1. The Balaban J connectivity index is 2.18. The number of carbonyl (C=O) groups excluding carboxylic acids is 1. The summed E-state index contributed by atoms with van der Waals surface area (Å²) in [6, 6.07) is 5.19. The number of aromatic hydroxyl groups is 1. The Kier molecular flexibility index (Phi) is 4.12. The number of urea groups is 1. The number of hydrogen-bond acceptors (Lipinski definition) is 3. The molecule has 1 aliphatic heterocycles. The van der Waals surface area contributed by atoms with E-state index < -0.39 is 12.0 Å². The predicted octanol–water partition coefficient (Wildman–Crippen LogP) is 1.89. The number of phenols is 1. The lowest BCUT2D eigenvalue weighted by atomic mass is 10.0. The van der Waals surface area contributed by atoms with Crippen molar-refractivity contribution in [2.45, 2.75) is 25.3 Å². The van der Waals surface area contributed by atoms with Crippen LogP contribution in [-0.2, 0) is 4.79 Å². The second-order valence-corrected chi connectivity index (χ2v) is 4.90. The van der Waals surface area contributed by atoms with Crippen LogP contribution in [0.5, 0.6) is 5.75 Å². The summed E-state index contributed by atoms with van der Waals surface area (Å²) in [6.45, 7) is 0.443. The van der Waals surface area contributed by atoms with Gasteiger partial charge in [-0.2, -0.15) is 0 Å². The number of amides is 2. The molecule has 1 aromatic rings. The molecule has 0 spiro atoms. The maximum Gasteiger partial charge on any atom is 0.326 e. The molecular formula is C14H18N2O4. The van der Waals surface area contributed by atoms with E-state index >= 15 is 0 Å². The van der Waals surface area contributed by atoms with Crippen molar-refractivity contribution in [1.82, 2.24) is 4.90 Å². The third-order valence-electron chi connectivity index (χ3n) is 3.54. The van der Waals surface area contributed by atoms with Crippen molar-refractivity contribution in [2.24, 2.45) is 0 Å². The van der Waals surface area contributed by atoms with Gasteiger partial charge in [-0.15, -0.1) is 0 Å².